The number of carbonyl (C=O) groups is 2. The molecule has 1 aromatic carbocycles. The van der Waals surface area contributed by atoms with Gasteiger partial charge >= 0.3 is 6.03 Å². The number of benzene rings is 1. The van der Waals surface area contributed by atoms with Crippen LogP contribution >= 0.6 is 0 Å². The number of piperidine rings is 1. The molecule has 0 saturated carbocycles. The van der Waals surface area contributed by atoms with Crippen molar-refractivity contribution in [2.75, 3.05) is 13.1 Å². The molecule has 0 unspecified atom stereocenters. The van der Waals surface area contributed by atoms with Gasteiger partial charge in [-0.1, -0.05) is 24.3 Å². The highest BCUT2D eigenvalue weighted by atomic mass is 16.2. The molecule has 3 N–H and O–H groups in total. The minimum atomic E-state index is -0.491. The SMILES string of the molecule is Cc1ccccc1CC(=O)N1CCC(NC(N)=O)CC1. The molecule has 0 radical (unpaired) electrons. The van der Waals surface area contributed by atoms with Crippen molar-refractivity contribution in [1.29, 1.82) is 0 Å². The number of rotatable bonds is 3. The molecule has 1 fully saturated rings. The fourth-order valence-electron chi connectivity index (χ4n) is 2.56. The number of aryl methyl sites for hydroxylation is 1. The van der Waals surface area contributed by atoms with Gasteiger partial charge in [-0.3, -0.25) is 4.79 Å². The van der Waals surface area contributed by atoms with Crippen LogP contribution in [0.1, 0.15) is 24.0 Å². The first-order chi connectivity index (χ1) is 9.56. The third-order valence-electron chi connectivity index (χ3n) is 3.80. The van der Waals surface area contributed by atoms with Crippen LogP contribution in [0, 0.1) is 6.92 Å². The predicted molar refractivity (Wildman–Crippen MR) is 77.2 cm³/mol. The number of hydrogen-bond acceptors (Lipinski definition) is 2. The van der Waals surface area contributed by atoms with Crippen LogP contribution in [0.5, 0.6) is 0 Å². The zero-order valence-corrected chi connectivity index (χ0v) is 11.8. The topological polar surface area (TPSA) is 75.4 Å². The fourth-order valence-corrected chi connectivity index (χ4v) is 2.56. The van der Waals surface area contributed by atoms with Crippen LogP contribution in [0.2, 0.25) is 0 Å². The number of likely N-dealkylation sites (tertiary alicyclic amines) is 1. The lowest BCUT2D eigenvalue weighted by Crippen LogP contribution is -2.48. The Hall–Kier alpha value is -2.04. The van der Waals surface area contributed by atoms with Crippen LogP contribution in [-0.4, -0.2) is 36.0 Å². The van der Waals surface area contributed by atoms with Gasteiger partial charge in [0.2, 0.25) is 5.91 Å². The van der Waals surface area contributed by atoms with Crippen LogP contribution in [0.3, 0.4) is 0 Å². The molecule has 108 valence electrons. The van der Waals surface area contributed by atoms with Crippen LogP contribution in [0.25, 0.3) is 0 Å². The largest absolute Gasteiger partial charge is 0.352 e. The molecule has 5 heteroatoms. The van der Waals surface area contributed by atoms with E-state index in [4.69, 9.17) is 5.73 Å². The highest BCUT2D eigenvalue weighted by Crippen LogP contribution is 2.14. The summed E-state index contributed by atoms with van der Waals surface area (Å²) < 4.78 is 0. The van der Waals surface area contributed by atoms with Gasteiger partial charge in [0.15, 0.2) is 0 Å². The molecule has 0 spiro atoms. The summed E-state index contributed by atoms with van der Waals surface area (Å²) >= 11 is 0. The van der Waals surface area contributed by atoms with Crippen LogP contribution < -0.4 is 11.1 Å². The lowest BCUT2D eigenvalue weighted by atomic mass is 10.0. The molecule has 20 heavy (non-hydrogen) atoms. The summed E-state index contributed by atoms with van der Waals surface area (Å²) in [7, 11) is 0. The molecule has 5 nitrogen and oxygen atoms in total. The van der Waals surface area contributed by atoms with Gasteiger partial charge in [0, 0.05) is 19.1 Å². The maximum absolute atomic E-state index is 12.3. The van der Waals surface area contributed by atoms with E-state index in [0.717, 1.165) is 24.0 Å². The Balaban J connectivity index is 1.86. The van der Waals surface area contributed by atoms with Gasteiger partial charge < -0.3 is 16.0 Å². The highest BCUT2D eigenvalue weighted by Gasteiger charge is 2.23. The average molecular weight is 275 g/mol. The Bertz CT molecular complexity index is 494. The van der Waals surface area contributed by atoms with Crippen LogP contribution in [0.15, 0.2) is 24.3 Å². The summed E-state index contributed by atoms with van der Waals surface area (Å²) in [5, 5.41) is 2.70. The van der Waals surface area contributed by atoms with Gasteiger partial charge in [0.05, 0.1) is 6.42 Å². The smallest absolute Gasteiger partial charge is 0.312 e. The Morgan fingerprint density at radius 1 is 1.30 bits per heavy atom. The van der Waals surface area contributed by atoms with E-state index in [1.807, 2.05) is 36.1 Å². The number of nitrogens with zero attached hydrogens (tertiary/aromatic N) is 1. The first-order valence-corrected chi connectivity index (χ1v) is 6.94. The van der Waals surface area contributed by atoms with E-state index in [1.54, 1.807) is 0 Å². The Morgan fingerprint density at radius 2 is 1.95 bits per heavy atom. The maximum atomic E-state index is 12.3. The third-order valence-corrected chi connectivity index (χ3v) is 3.80. The van der Waals surface area contributed by atoms with E-state index in [1.165, 1.54) is 0 Å². The van der Waals surface area contributed by atoms with Gasteiger partial charge in [0.1, 0.15) is 0 Å². The summed E-state index contributed by atoms with van der Waals surface area (Å²) in [5.41, 5.74) is 7.33. The molecular formula is C15H21N3O2. The number of amides is 3. The summed E-state index contributed by atoms with van der Waals surface area (Å²) in [6, 6.07) is 7.55. The Kier molecular flexibility index (Phi) is 4.61. The second-order valence-electron chi connectivity index (χ2n) is 5.27. The maximum Gasteiger partial charge on any atom is 0.312 e. The number of hydrogen-bond donors (Lipinski definition) is 2. The zero-order valence-electron chi connectivity index (χ0n) is 11.8. The molecule has 0 aliphatic carbocycles. The molecule has 1 saturated heterocycles. The lowest BCUT2D eigenvalue weighted by Gasteiger charge is -2.32. The molecule has 0 bridgehead atoms. The van der Waals surface area contributed by atoms with E-state index in [-0.39, 0.29) is 11.9 Å². The van der Waals surface area contributed by atoms with Crippen molar-refractivity contribution in [3.8, 4) is 0 Å². The normalized spacial score (nSPS) is 15.9. The molecule has 1 aliphatic heterocycles. The third kappa shape index (κ3) is 3.73. The van der Waals surface area contributed by atoms with Crippen molar-refractivity contribution in [2.45, 2.75) is 32.2 Å². The molecule has 1 heterocycles. The molecule has 0 atom stereocenters. The monoisotopic (exact) mass is 275 g/mol. The highest BCUT2D eigenvalue weighted by molar-refractivity contribution is 5.79. The van der Waals surface area contributed by atoms with Gasteiger partial charge in [-0.15, -0.1) is 0 Å². The quantitative estimate of drug-likeness (QED) is 0.869. The number of carbonyl (C=O) groups excluding carboxylic acids is 2. The van der Waals surface area contributed by atoms with Gasteiger partial charge in [-0.2, -0.15) is 0 Å². The number of primary amides is 1. The summed E-state index contributed by atoms with van der Waals surface area (Å²) in [6.45, 7) is 3.37. The minimum absolute atomic E-state index is 0.0926. The minimum Gasteiger partial charge on any atom is -0.352 e. The predicted octanol–water partition coefficient (Wildman–Crippen LogP) is 1.20. The summed E-state index contributed by atoms with van der Waals surface area (Å²) in [4.78, 5) is 24.9. The van der Waals surface area contributed by atoms with Crippen molar-refractivity contribution in [2.24, 2.45) is 5.73 Å². The van der Waals surface area contributed by atoms with Crippen molar-refractivity contribution >= 4 is 11.9 Å². The first-order valence-electron chi connectivity index (χ1n) is 6.94. The van der Waals surface area contributed by atoms with Crippen molar-refractivity contribution < 1.29 is 9.59 Å². The summed E-state index contributed by atoms with van der Waals surface area (Å²) in [5.74, 6) is 0.150. The molecule has 3 amide bonds. The van der Waals surface area contributed by atoms with E-state index in [9.17, 15) is 9.59 Å². The standard InChI is InChI=1S/C15H21N3O2/c1-11-4-2-3-5-12(11)10-14(19)18-8-6-13(7-9-18)17-15(16)20/h2-5,13H,6-10H2,1H3,(H3,16,17,20). The van der Waals surface area contributed by atoms with Gasteiger partial charge in [-0.05, 0) is 30.9 Å². The van der Waals surface area contributed by atoms with Crippen LogP contribution in [0.4, 0.5) is 4.79 Å². The second-order valence-corrected chi connectivity index (χ2v) is 5.27. The molecule has 1 aromatic rings. The Morgan fingerprint density at radius 3 is 2.55 bits per heavy atom. The molecular weight excluding hydrogens is 254 g/mol. The molecule has 1 aliphatic rings. The van der Waals surface area contributed by atoms with Crippen molar-refractivity contribution in [1.82, 2.24) is 10.2 Å². The molecule has 0 aromatic heterocycles. The van der Waals surface area contributed by atoms with Gasteiger partial charge in [0.25, 0.3) is 0 Å². The lowest BCUT2D eigenvalue weighted by molar-refractivity contribution is -0.131. The van der Waals surface area contributed by atoms with E-state index in [2.05, 4.69) is 5.32 Å². The number of nitrogens with one attached hydrogen (secondary N) is 1. The van der Waals surface area contributed by atoms with E-state index < -0.39 is 6.03 Å². The van der Waals surface area contributed by atoms with Gasteiger partial charge in [-0.25, -0.2) is 4.79 Å². The van der Waals surface area contributed by atoms with E-state index >= 15 is 0 Å². The molecule has 2 rings (SSSR count). The zero-order chi connectivity index (χ0) is 14.5. The number of nitrogens with two attached hydrogens (primary N) is 1. The van der Waals surface area contributed by atoms with Crippen molar-refractivity contribution in [3.05, 3.63) is 35.4 Å². The van der Waals surface area contributed by atoms with E-state index in [0.29, 0.717) is 19.5 Å². The fraction of sp³-hybridized carbons (Fsp3) is 0.467. The Labute approximate surface area is 119 Å². The number of urea groups is 1. The van der Waals surface area contributed by atoms with Crippen LogP contribution in [-0.2, 0) is 11.2 Å². The average Bonchev–Trinajstić information content (AvgIpc) is 2.41. The second kappa shape index (κ2) is 6.41. The first kappa shape index (κ1) is 14.4. The van der Waals surface area contributed by atoms with Crippen molar-refractivity contribution in [3.63, 3.8) is 0 Å². The summed E-state index contributed by atoms with van der Waals surface area (Å²) in [6.07, 6.45) is 1.98.